The van der Waals surface area contributed by atoms with E-state index in [0.29, 0.717) is 11.3 Å². The molecular weight excluding hydrogens is 244 g/mol. The summed E-state index contributed by atoms with van der Waals surface area (Å²) >= 11 is 0. The van der Waals surface area contributed by atoms with Gasteiger partial charge in [-0.3, -0.25) is 0 Å². The summed E-state index contributed by atoms with van der Waals surface area (Å²) in [6.07, 6.45) is 0. The molecule has 0 spiro atoms. The molecule has 0 radical (unpaired) electrons. The molecule has 0 aliphatic heterocycles. The fourth-order valence-corrected chi connectivity index (χ4v) is 1.62. The Morgan fingerprint density at radius 3 is 2.58 bits per heavy atom. The van der Waals surface area contributed by atoms with Crippen molar-refractivity contribution in [3.05, 3.63) is 59.7 Å². The molecule has 0 unspecified atom stereocenters. The Morgan fingerprint density at radius 2 is 1.84 bits per heavy atom. The average Bonchev–Trinajstić information content (AvgIpc) is 2.41. The molecule has 0 aliphatic rings. The molecule has 5 heteroatoms. The number of benzene rings is 2. The molecule has 96 valence electrons. The quantitative estimate of drug-likeness (QED) is 0.500. The van der Waals surface area contributed by atoms with Gasteiger partial charge in [-0.25, -0.2) is 10.3 Å². The van der Waals surface area contributed by atoms with E-state index in [9.17, 15) is 9.90 Å². The zero-order chi connectivity index (χ0) is 13.7. The van der Waals surface area contributed by atoms with Gasteiger partial charge >= 0.3 is 5.97 Å². The number of ether oxygens (including phenoxy) is 1. The van der Waals surface area contributed by atoms with Crippen molar-refractivity contribution in [3.63, 3.8) is 0 Å². The molecule has 0 aliphatic carbocycles. The van der Waals surface area contributed by atoms with Crippen LogP contribution in [-0.2, 0) is 6.54 Å². The van der Waals surface area contributed by atoms with Crippen LogP contribution in [0.15, 0.2) is 53.6 Å². The van der Waals surface area contributed by atoms with Gasteiger partial charge in [-0.15, -0.1) is 0 Å². The Labute approximate surface area is 110 Å². The minimum absolute atomic E-state index is 0.0973. The summed E-state index contributed by atoms with van der Waals surface area (Å²) in [7, 11) is 0. The van der Waals surface area contributed by atoms with Gasteiger partial charge in [-0.05, 0) is 18.2 Å². The standard InChI is InChI=1S/C14H12N2O3/c15-16-9-10-5-1-4-8-13(10)19-14(18)11-6-2-3-7-12(11)17/h1-8,15,17H,9H2. The first-order valence-electron chi connectivity index (χ1n) is 5.63. The van der Waals surface area contributed by atoms with E-state index in [0.717, 1.165) is 0 Å². The molecule has 0 atom stereocenters. The topological polar surface area (TPSA) is 82.7 Å². The minimum Gasteiger partial charge on any atom is -0.507 e. The van der Waals surface area contributed by atoms with Crippen LogP contribution in [0.4, 0.5) is 0 Å². The van der Waals surface area contributed by atoms with E-state index in [4.69, 9.17) is 10.3 Å². The number of nitrogens with one attached hydrogen (secondary N) is 1. The predicted molar refractivity (Wildman–Crippen MR) is 68.4 cm³/mol. The highest BCUT2D eigenvalue weighted by molar-refractivity contribution is 5.93. The van der Waals surface area contributed by atoms with E-state index in [-0.39, 0.29) is 17.9 Å². The number of aromatic hydroxyl groups is 1. The molecule has 0 fully saturated rings. The van der Waals surface area contributed by atoms with Gasteiger partial charge < -0.3 is 9.84 Å². The molecular formula is C14H12N2O3. The van der Waals surface area contributed by atoms with Crippen LogP contribution in [0.25, 0.3) is 0 Å². The monoisotopic (exact) mass is 256 g/mol. The molecule has 0 heterocycles. The van der Waals surface area contributed by atoms with Gasteiger partial charge in [0.05, 0.1) is 6.54 Å². The van der Waals surface area contributed by atoms with Crippen molar-refractivity contribution in [3.8, 4) is 11.5 Å². The largest absolute Gasteiger partial charge is 0.507 e. The number of carbonyl (C=O) groups is 1. The van der Waals surface area contributed by atoms with Gasteiger partial charge in [0.15, 0.2) is 0 Å². The number of phenolic OH excluding ortho intramolecular Hbond substituents is 1. The second kappa shape index (κ2) is 5.77. The number of esters is 1. The Bertz CT molecular complexity index is 611. The number of hydrogen-bond acceptors (Lipinski definition) is 5. The Balaban J connectivity index is 2.24. The van der Waals surface area contributed by atoms with E-state index in [2.05, 4.69) is 5.11 Å². The second-order valence-electron chi connectivity index (χ2n) is 3.83. The highest BCUT2D eigenvalue weighted by atomic mass is 16.5. The summed E-state index contributed by atoms with van der Waals surface area (Å²) in [4.78, 5) is 11.9. The SMILES string of the molecule is N=NCc1ccccc1OC(=O)c1ccccc1O. The zero-order valence-corrected chi connectivity index (χ0v) is 10.0. The van der Waals surface area contributed by atoms with Crippen molar-refractivity contribution >= 4 is 5.97 Å². The van der Waals surface area contributed by atoms with Crippen molar-refractivity contribution in [2.24, 2.45) is 5.11 Å². The summed E-state index contributed by atoms with van der Waals surface area (Å²) in [6, 6.07) is 13.0. The van der Waals surface area contributed by atoms with Gasteiger partial charge in [0.25, 0.3) is 0 Å². The van der Waals surface area contributed by atoms with Gasteiger partial charge in [-0.1, -0.05) is 30.3 Å². The third kappa shape index (κ3) is 2.95. The van der Waals surface area contributed by atoms with Crippen LogP contribution in [0.3, 0.4) is 0 Å². The minimum atomic E-state index is -0.643. The fraction of sp³-hybridized carbons (Fsp3) is 0.0714. The summed E-state index contributed by atoms with van der Waals surface area (Å²) in [5.41, 5.74) is 7.60. The molecule has 0 saturated carbocycles. The molecule has 5 nitrogen and oxygen atoms in total. The van der Waals surface area contributed by atoms with E-state index in [1.54, 1.807) is 36.4 Å². The van der Waals surface area contributed by atoms with E-state index in [1.807, 2.05) is 0 Å². The number of carbonyl (C=O) groups excluding carboxylic acids is 1. The van der Waals surface area contributed by atoms with E-state index in [1.165, 1.54) is 12.1 Å². The van der Waals surface area contributed by atoms with Gasteiger partial charge in [-0.2, -0.15) is 5.11 Å². The predicted octanol–water partition coefficient (Wildman–Crippen LogP) is 3.14. The smallest absolute Gasteiger partial charge is 0.347 e. The molecule has 0 saturated heterocycles. The Hall–Kier alpha value is -2.69. The van der Waals surface area contributed by atoms with Gasteiger partial charge in [0.1, 0.15) is 17.1 Å². The molecule has 2 aromatic carbocycles. The first-order valence-corrected chi connectivity index (χ1v) is 5.63. The highest BCUT2D eigenvalue weighted by Gasteiger charge is 2.14. The van der Waals surface area contributed by atoms with Crippen LogP contribution >= 0.6 is 0 Å². The maximum absolute atomic E-state index is 11.9. The molecule has 2 N–H and O–H groups in total. The second-order valence-corrected chi connectivity index (χ2v) is 3.83. The lowest BCUT2D eigenvalue weighted by atomic mass is 10.2. The van der Waals surface area contributed by atoms with Crippen LogP contribution in [0.5, 0.6) is 11.5 Å². The van der Waals surface area contributed by atoms with Crippen molar-refractivity contribution in [2.45, 2.75) is 6.54 Å². The lowest BCUT2D eigenvalue weighted by Gasteiger charge is -2.08. The summed E-state index contributed by atoms with van der Waals surface area (Å²) in [5.74, 6) is -0.433. The fourth-order valence-electron chi connectivity index (χ4n) is 1.62. The van der Waals surface area contributed by atoms with Crippen LogP contribution < -0.4 is 4.74 Å². The zero-order valence-electron chi connectivity index (χ0n) is 10.0. The van der Waals surface area contributed by atoms with Crippen molar-refractivity contribution in [1.29, 1.82) is 5.53 Å². The first kappa shape index (κ1) is 12.8. The number of nitrogens with zero attached hydrogens (tertiary/aromatic N) is 1. The summed E-state index contributed by atoms with van der Waals surface area (Å²) in [6.45, 7) is 0.143. The normalized spacial score (nSPS) is 9.89. The number of phenols is 1. The van der Waals surface area contributed by atoms with Gasteiger partial charge in [0, 0.05) is 5.56 Å². The number of rotatable bonds is 4. The summed E-state index contributed by atoms with van der Waals surface area (Å²) < 4.78 is 5.22. The van der Waals surface area contributed by atoms with Crippen LogP contribution in [0.1, 0.15) is 15.9 Å². The highest BCUT2D eigenvalue weighted by Crippen LogP contribution is 2.22. The third-order valence-electron chi connectivity index (χ3n) is 2.55. The Morgan fingerprint density at radius 1 is 1.16 bits per heavy atom. The van der Waals surface area contributed by atoms with E-state index < -0.39 is 5.97 Å². The maximum Gasteiger partial charge on any atom is 0.347 e. The van der Waals surface area contributed by atoms with Crippen molar-refractivity contribution in [1.82, 2.24) is 0 Å². The van der Waals surface area contributed by atoms with Crippen LogP contribution in [0, 0.1) is 5.53 Å². The van der Waals surface area contributed by atoms with E-state index >= 15 is 0 Å². The number of para-hydroxylation sites is 2. The first-order chi connectivity index (χ1) is 9.22. The lowest BCUT2D eigenvalue weighted by molar-refractivity contribution is 0.0730. The number of hydrogen-bond donors (Lipinski definition) is 2. The van der Waals surface area contributed by atoms with Crippen LogP contribution in [0.2, 0.25) is 0 Å². The lowest BCUT2D eigenvalue weighted by Crippen LogP contribution is -2.09. The molecule has 2 aromatic rings. The maximum atomic E-state index is 11.9. The average molecular weight is 256 g/mol. The third-order valence-corrected chi connectivity index (χ3v) is 2.55. The van der Waals surface area contributed by atoms with Crippen molar-refractivity contribution in [2.75, 3.05) is 0 Å². The van der Waals surface area contributed by atoms with Gasteiger partial charge in [0.2, 0.25) is 0 Å². The molecule has 0 aromatic heterocycles. The molecule has 0 bridgehead atoms. The van der Waals surface area contributed by atoms with Crippen LogP contribution in [-0.4, -0.2) is 11.1 Å². The Kier molecular flexibility index (Phi) is 3.87. The molecule has 19 heavy (non-hydrogen) atoms. The molecule has 0 amide bonds. The van der Waals surface area contributed by atoms with Crippen molar-refractivity contribution < 1.29 is 14.6 Å². The summed E-state index contributed by atoms with van der Waals surface area (Å²) in [5, 5.41) is 12.9. The molecule has 2 rings (SSSR count).